The molecule has 1 saturated heterocycles. The quantitative estimate of drug-likeness (QED) is 0.814. The summed E-state index contributed by atoms with van der Waals surface area (Å²) in [4.78, 5) is 27.8. The zero-order valence-electron chi connectivity index (χ0n) is 17.2. The molecule has 0 spiro atoms. The average Bonchev–Trinajstić information content (AvgIpc) is 2.77. The van der Waals surface area contributed by atoms with E-state index in [-0.39, 0.29) is 11.8 Å². The molecule has 1 aliphatic rings. The molecule has 1 fully saturated rings. The van der Waals surface area contributed by atoms with E-state index in [1.54, 1.807) is 37.3 Å². The van der Waals surface area contributed by atoms with Gasteiger partial charge >= 0.3 is 0 Å². The lowest BCUT2D eigenvalue weighted by atomic mass is 9.80. The van der Waals surface area contributed by atoms with E-state index < -0.39 is 5.41 Å². The summed E-state index contributed by atoms with van der Waals surface area (Å²) in [6.07, 6.45) is 1.53. The number of piperidine rings is 1. The second-order valence-electron chi connectivity index (χ2n) is 7.66. The number of carbonyl (C=O) groups excluding carboxylic acids is 2. The third-order valence-electron chi connectivity index (χ3n) is 5.43. The van der Waals surface area contributed by atoms with Crippen molar-refractivity contribution in [3.8, 4) is 11.5 Å². The number of hydrogen-bond donors (Lipinski definition) is 1. The standard InChI is InChI=1S/C23H28N2O4/c1-23(22(27)24-15-17-8-5-4-6-9-17)10-7-11-25(16-23)21(26)18-12-19(28-2)14-20(13-18)29-3/h4-6,8-9,12-14H,7,10-11,15-16H2,1-3H3,(H,24,27). The number of amides is 2. The summed E-state index contributed by atoms with van der Waals surface area (Å²) in [7, 11) is 3.11. The van der Waals surface area contributed by atoms with Gasteiger partial charge in [-0.25, -0.2) is 0 Å². The van der Waals surface area contributed by atoms with E-state index in [4.69, 9.17) is 9.47 Å². The Hall–Kier alpha value is -3.02. The first-order chi connectivity index (χ1) is 13.9. The number of rotatable bonds is 6. The van der Waals surface area contributed by atoms with Crippen LogP contribution < -0.4 is 14.8 Å². The van der Waals surface area contributed by atoms with Crippen molar-refractivity contribution in [3.05, 3.63) is 59.7 Å². The average molecular weight is 396 g/mol. The van der Waals surface area contributed by atoms with Gasteiger partial charge in [0.1, 0.15) is 11.5 Å². The van der Waals surface area contributed by atoms with Gasteiger partial charge in [-0.3, -0.25) is 9.59 Å². The maximum Gasteiger partial charge on any atom is 0.254 e. The van der Waals surface area contributed by atoms with Crippen molar-refractivity contribution in [3.63, 3.8) is 0 Å². The first kappa shape index (κ1) is 20.7. The topological polar surface area (TPSA) is 67.9 Å². The summed E-state index contributed by atoms with van der Waals surface area (Å²) in [6, 6.07) is 14.9. The molecule has 2 amide bonds. The molecule has 0 aromatic heterocycles. The predicted molar refractivity (Wildman–Crippen MR) is 111 cm³/mol. The van der Waals surface area contributed by atoms with Crippen molar-refractivity contribution in [2.24, 2.45) is 5.41 Å². The molecule has 0 aliphatic carbocycles. The van der Waals surface area contributed by atoms with E-state index in [0.717, 1.165) is 18.4 Å². The Bertz CT molecular complexity index is 846. The Labute approximate surface area is 171 Å². The van der Waals surface area contributed by atoms with Gasteiger partial charge in [0.2, 0.25) is 5.91 Å². The summed E-state index contributed by atoms with van der Waals surface area (Å²) in [5.41, 5.74) is 0.929. The van der Waals surface area contributed by atoms with Crippen LogP contribution in [0, 0.1) is 5.41 Å². The van der Waals surface area contributed by atoms with Crippen molar-refractivity contribution in [2.45, 2.75) is 26.3 Å². The SMILES string of the molecule is COc1cc(OC)cc(C(=O)N2CCCC(C)(C(=O)NCc3ccccc3)C2)c1. The highest BCUT2D eigenvalue weighted by Gasteiger charge is 2.39. The highest BCUT2D eigenvalue weighted by atomic mass is 16.5. The summed E-state index contributed by atoms with van der Waals surface area (Å²) < 4.78 is 10.5. The number of hydrogen-bond acceptors (Lipinski definition) is 4. The lowest BCUT2D eigenvalue weighted by molar-refractivity contribution is -0.132. The van der Waals surface area contributed by atoms with Gasteiger partial charge in [-0.05, 0) is 37.5 Å². The highest BCUT2D eigenvalue weighted by molar-refractivity contribution is 5.96. The van der Waals surface area contributed by atoms with Crippen LogP contribution in [0.25, 0.3) is 0 Å². The molecule has 1 heterocycles. The molecule has 1 aliphatic heterocycles. The minimum Gasteiger partial charge on any atom is -0.497 e. The fourth-order valence-corrected chi connectivity index (χ4v) is 3.70. The second kappa shape index (κ2) is 8.99. The van der Waals surface area contributed by atoms with Crippen LogP contribution in [0.1, 0.15) is 35.7 Å². The highest BCUT2D eigenvalue weighted by Crippen LogP contribution is 2.32. The van der Waals surface area contributed by atoms with Crippen LogP contribution in [0.4, 0.5) is 0 Å². The van der Waals surface area contributed by atoms with Gasteiger partial charge in [0.05, 0.1) is 19.6 Å². The van der Waals surface area contributed by atoms with Crippen LogP contribution in [0.5, 0.6) is 11.5 Å². The van der Waals surface area contributed by atoms with Crippen molar-refractivity contribution in [2.75, 3.05) is 27.3 Å². The minimum absolute atomic E-state index is 0.0259. The molecule has 0 radical (unpaired) electrons. The zero-order chi connectivity index (χ0) is 20.9. The van der Waals surface area contributed by atoms with Gasteiger partial charge in [0, 0.05) is 31.3 Å². The summed E-state index contributed by atoms with van der Waals surface area (Å²) in [5, 5.41) is 3.03. The largest absolute Gasteiger partial charge is 0.497 e. The van der Waals surface area contributed by atoms with Crippen LogP contribution in [0.2, 0.25) is 0 Å². The summed E-state index contributed by atoms with van der Waals surface area (Å²) in [6.45, 7) is 3.42. The van der Waals surface area contributed by atoms with Gasteiger partial charge in [-0.1, -0.05) is 30.3 Å². The molecule has 0 bridgehead atoms. The zero-order valence-corrected chi connectivity index (χ0v) is 17.2. The van der Waals surface area contributed by atoms with Crippen molar-refractivity contribution in [1.82, 2.24) is 10.2 Å². The number of nitrogens with zero attached hydrogens (tertiary/aromatic N) is 1. The summed E-state index contributed by atoms with van der Waals surface area (Å²) in [5.74, 6) is 0.979. The molecule has 1 atom stereocenters. The Morgan fingerprint density at radius 2 is 1.72 bits per heavy atom. The molecule has 0 saturated carbocycles. The van der Waals surface area contributed by atoms with E-state index in [0.29, 0.717) is 36.7 Å². The monoisotopic (exact) mass is 396 g/mol. The third-order valence-corrected chi connectivity index (χ3v) is 5.43. The Balaban J connectivity index is 1.70. The minimum atomic E-state index is -0.619. The molecule has 154 valence electrons. The third kappa shape index (κ3) is 4.88. The molecule has 2 aromatic rings. The van der Waals surface area contributed by atoms with E-state index in [9.17, 15) is 9.59 Å². The number of benzene rings is 2. The number of nitrogens with one attached hydrogen (secondary N) is 1. The van der Waals surface area contributed by atoms with Gasteiger partial charge in [-0.2, -0.15) is 0 Å². The van der Waals surface area contributed by atoms with Crippen molar-refractivity contribution >= 4 is 11.8 Å². The molecule has 29 heavy (non-hydrogen) atoms. The van der Waals surface area contributed by atoms with Gasteiger partial charge in [-0.15, -0.1) is 0 Å². The van der Waals surface area contributed by atoms with Gasteiger partial charge < -0.3 is 19.7 Å². The van der Waals surface area contributed by atoms with Crippen LogP contribution in [0.3, 0.4) is 0 Å². The molecular formula is C23H28N2O4. The first-order valence-corrected chi connectivity index (χ1v) is 9.80. The molecule has 6 nitrogen and oxygen atoms in total. The fourth-order valence-electron chi connectivity index (χ4n) is 3.70. The molecule has 3 rings (SSSR count). The molecule has 1 unspecified atom stereocenters. The van der Waals surface area contributed by atoms with Crippen LogP contribution in [-0.2, 0) is 11.3 Å². The van der Waals surface area contributed by atoms with Crippen LogP contribution in [-0.4, -0.2) is 44.0 Å². The van der Waals surface area contributed by atoms with Crippen LogP contribution in [0.15, 0.2) is 48.5 Å². The smallest absolute Gasteiger partial charge is 0.254 e. The number of carbonyl (C=O) groups is 2. The van der Waals surface area contributed by atoms with E-state index in [2.05, 4.69) is 5.32 Å². The Morgan fingerprint density at radius 1 is 1.07 bits per heavy atom. The Kier molecular flexibility index (Phi) is 6.42. The maximum absolute atomic E-state index is 13.1. The normalized spacial score (nSPS) is 18.8. The molecule has 2 aromatic carbocycles. The number of methoxy groups -OCH3 is 2. The van der Waals surface area contributed by atoms with E-state index in [1.165, 1.54) is 0 Å². The van der Waals surface area contributed by atoms with Gasteiger partial charge in [0.15, 0.2) is 0 Å². The van der Waals surface area contributed by atoms with Gasteiger partial charge in [0.25, 0.3) is 5.91 Å². The van der Waals surface area contributed by atoms with Crippen molar-refractivity contribution in [1.29, 1.82) is 0 Å². The molecule has 6 heteroatoms. The molecular weight excluding hydrogens is 368 g/mol. The number of likely N-dealkylation sites (tertiary alicyclic amines) is 1. The van der Waals surface area contributed by atoms with Crippen molar-refractivity contribution < 1.29 is 19.1 Å². The second-order valence-corrected chi connectivity index (χ2v) is 7.66. The van der Waals surface area contributed by atoms with Crippen LogP contribution >= 0.6 is 0 Å². The lowest BCUT2D eigenvalue weighted by Crippen LogP contribution is -2.51. The first-order valence-electron chi connectivity index (χ1n) is 9.80. The number of ether oxygens (including phenoxy) is 2. The van der Waals surface area contributed by atoms with E-state index >= 15 is 0 Å². The predicted octanol–water partition coefficient (Wildman–Crippen LogP) is 3.26. The Morgan fingerprint density at radius 3 is 2.34 bits per heavy atom. The lowest BCUT2D eigenvalue weighted by Gasteiger charge is -2.39. The van der Waals surface area contributed by atoms with E-state index in [1.807, 2.05) is 37.3 Å². The molecule has 1 N–H and O–H groups in total. The maximum atomic E-state index is 13.1. The fraction of sp³-hybridized carbons (Fsp3) is 0.391. The summed E-state index contributed by atoms with van der Waals surface area (Å²) >= 11 is 0.